The number of nitrogen functional groups attached to an aromatic ring is 1. The van der Waals surface area contributed by atoms with E-state index in [1.54, 1.807) is 6.20 Å². The average molecular weight is 247 g/mol. The third-order valence-corrected chi connectivity index (χ3v) is 4.30. The van der Waals surface area contributed by atoms with Gasteiger partial charge >= 0.3 is 0 Å². The van der Waals surface area contributed by atoms with E-state index >= 15 is 0 Å². The van der Waals surface area contributed by atoms with E-state index in [1.807, 2.05) is 6.07 Å². The Bertz CT molecular complexity index is 370. The molecule has 1 heterocycles. The quantitative estimate of drug-likeness (QED) is 0.860. The van der Waals surface area contributed by atoms with Crippen LogP contribution in [0, 0.1) is 11.8 Å². The Hall–Kier alpha value is -1.09. The molecule has 0 aliphatic heterocycles. The normalized spacial score (nSPS) is 25.9. The van der Waals surface area contributed by atoms with Crippen molar-refractivity contribution in [3.63, 3.8) is 0 Å². The predicted octanol–water partition coefficient (Wildman–Crippen LogP) is 2.62. The van der Waals surface area contributed by atoms with Gasteiger partial charge in [-0.25, -0.2) is 4.98 Å². The molecule has 1 unspecified atom stereocenters. The zero-order valence-corrected chi connectivity index (χ0v) is 11.5. The lowest BCUT2D eigenvalue weighted by Gasteiger charge is -2.32. The minimum absolute atomic E-state index is 0.569. The van der Waals surface area contributed by atoms with Crippen molar-refractivity contribution >= 4 is 5.82 Å². The zero-order chi connectivity index (χ0) is 13.0. The monoisotopic (exact) mass is 247 g/mol. The van der Waals surface area contributed by atoms with Crippen LogP contribution in [0.15, 0.2) is 18.3 Å². The van der Waals surface area contributed by atoms with E-state index in [1.165, 1.54) is 31.2 Å². The van der Waals surface area contributed by atoms with Gasteiger partial charge in [-0.1, -0.05) is 19.8 Å². The maximum absolute atomic E-state index is 5.74. The van der Waals surface area contributed by atoms with Gasteiger partial charge in [0, 0.05) is 12.2 Å². The molecule has 0 bridgehead atoms. The molecule has 0 radical (unpaired) electrons. The van der Waals surface area contributed by atoms with E-state index in [0.29, 0.717) is 11.9 Å². The molecule has 0 amide bonds. The number of nitrogens with zero attached hydrogens (tertiary/aromatic N) is 1. The van der Waals surface area contributed by atoms with Crippen LogP contribution in [-0.4, -0.2) is 18.1 Å². The van der Waals surface area contributed by atoms with Crippen LogP contribution in [0.25, 0.3) is 0 Å². The van der Waals surface area contributed by atoms with Crippen molar-refractivity contribution in [3.8, 4) is 0 Å². The SMILES string of the molecule is CNC(Cc1ccnc(N)c1)C1CCC(C)CC1. The van der Waals surface area contributed by atoms with Crippen LogP contribution in [0.4, 0.5) is 5.82 Å². The Morgan fingerprint density at radius 2 is 2.11 bits per heavy atom. The van der Waals surface area contributed by atoms with Crippen molar-refractivity contribution in [1.29, 1.82) is 0 Å². The largest absolute Gasteiger partial charge is 0.384 e. The molecule has 18 heavy (non-hydrogen) atoms. The van der Waals surface area contributed by atoms with E-state index in [0.717, 1.165) is 18.3 Å². The number of nitrogens with two attached hydrogens (primary N) is 1. The third kappa shape index (κ3) is 3.45. The minimum atomic E-state index is 0.569. The Kier molecular flexibility index (Phi) is 4.59. The highest BCUT2D eigenvalue weighted by atomic mass is 14.9. The van der Waals surface area contributed by atoms with E-state index in [9.17, 15) is 0 Å². The van der Waals surface area contributed by atoms with Crippen LogP contribution >= 0.6 is 0 Å². The van der Waals surface area contributed by atoms with Crippen LogP contribution in [0.3, 0.4) is 0 Å². The van der Waals surface area contributed by atoms with Gasteiger partial charge in [-0.15, -0.1) is 0 Å². The van der Waals surface area contributed by atoms with Crippen LogP contribution in [-0.2, 0) is 6.42 Å². The highest BCUT2D eigenvalue weighted by molar-refractivity contribution is 5.32. The molecule has 1 saturated carbocycles. The molecule has 0 saturated heterocycles. The van der Waals surface area contributed by atoms with Gasteiger partial charge in [0.25, 0.3) is 0 Å². The molecule has 1 fully saturated rings. The summed E-state index contributed by atoms with van der Waals surface area (Å²) < 4.78 is 0. The average Bonchev–Trinajstić information content (AvgIpc) is 2.37. The Balaban J connectivity index is 1.96. The van der Waals surface area contributed by atoms with Gasteiger partial charge in [0.05, 0.1) is 0 Å². The second-order valence-electron chi connectivity index (χ2n) is 5.71. The molecule has 100 valence electrons. The zero-order valence-electron chi connectivity index (χ0n) is 11.5. The summed E-state index contributed by atoms with van der Waals surface area (Å²) in [6.07, 6.45) is 8.33. The van der Waals surface area contributed by atoms with Crippen molar-refractivity contribution in [2.45, 2.75) is 45.1 Å². The highest BCUT2D eigenvalue weighted by Gasteiger charge is 2.25. The number of hydrogen-bond donors (Lipinski definition) is 2. The van der Waals surface area contributed by atoms with E-state index in [4.69, 9.17) is 5.73 Å². The molecule has 3 N–H and O–H groups in total. The molecule has 1 aliphatic rings. The number of rotatable bonds is 4. The summed E-state index contributed by atoms with van der Waals surface area (Å²) in [6, 6.07) is 4.64. The van der Waals surface area contributed by atoms with Crippen LogP contribution in [0.5, 0.6) is 0 Å². The molecule has 3 heteroatoms. The van der Waals surface area contributed by atoms with Gasteiger partial charge in [0.2, 0.25) is 0 Å². The van der Waals surface area contributed by atoms with Crippen molar-refractivity contribution < 1.29 is 0 Å². The summed E-state index contributed by atoms with van der Waals surface area (Å²) in [5, 5.41) is 3.49. The summed E-state index contributed by atoms with van der Waals surface area (Å²) in [4.78, 5) is 4.05. The van der Waals surface area contributed by atoms with Crippen molar-refractivity contribution in [2.75, 3.05) is 12.8 Å². The van der Waals surface area contributed by atoms with Crippen LogP contribution in [0.1, 0.15) is 38.2 Å². The first kappa shape index (κ1) is 13.3. The Labute approximate surface area is 110 Å². The first-order valence-corrected chi connectivity index (χ1v) is 7.06. The van der Waals surface area contributed by atoms with Crippen LogP contribution < -0.4 is 11.1 Å². The van der Waals surface area contributed by atoms with Crippen LogP contribution in [0.2, 0.25) is 0 Å². The second kappa shape index (κ2) is 6.19. The smallest absolute Gasteiger partial charge is 0.123 e. The molecular formula is C15H25N3. The van der Waals surface area contributed by atoms with Gasteiger partial charge in [-0.05, 0) is 55.8 Å². The lowest BCUT2D eigenvalue weighted by Crippen LogP contribution is -2.37. The lowest BCUT2D eigenvalue weighted by molar-refractivity contribution is 0.235. The molecule has 1 aromatic heterocycles. The fourth-order valence-electron chi connectivity index (χ4n) is 3.07. The highest BCUT2D eigenvalue weighted by Crippen LogP contribution is 2.31. The molecule has 1 aliphatic carbocycles. The van der Waals surface area contributed by atoms with E-state index in [2.05, 4.69) is 30.3 Å². The summed E-state index contributed by atoms with van der Waals surface area (Å²) in [6.45, 7) is 2.37. The fourth-order valence-corrected chi connectivity index (χ4v) is 3.07. The Morgan fingerprint density at radius 1 is 1.39 bits per heavy atom. The van der Waals surface area contributed by atoms with Gasteiger partial charge in [0.1, 0.15) is 5.82 Å². The molecule has 0 spiro atoms. The second-order valence-corrected chi connectivity index (χ2v) is 5.71. The van der Waals surface area contributed by atoms with E-state index < -0.39 is 0 Å². The van der Waals surface area contributed by atoms with E-state index in [-0.39, 0.29) is 0 Å². The maximum atomic E-state index is 5.74. The number of likely N-dealkylation sites (N-methyl/N-ethyl adjacent to an activating group) is 1. The van der Waals surface area contributed by atoms with Crippen molar-refractivity contribution in [3.05, 3.63) is 23.9 Å². The lowest BCUT2D eigenvalue weighted by atomic mass is 9.78. The van der Waals surface area contributed by atoms with Crippen molar-refractivity contribution in [1.82, 2.24) is 10.3 Å². The molecular weight excluding hydrogens is 222 g/mol. The molecule has 0 aromatic carbocycles. The summed E-state index contributed by atoms with van der Waals surface area (Å²) in [7, 11) is 2.08. The molecule has 1 atom stereocenters. The number of aromatic nitrogens is 1. The number of nitrogens with one attached hydrogen (secondary N) is 1. The summed E-state index contributed by atoms with van der Waals surface area (Å²) in [5.41, 5.74) is 7.03. The predicted molar refractivity (Wildman–Crippen MR) is 76.3 cm³/mol. The van der Waals surface area contributed by atoms with Gasteiger partial charge in [-0.3, -0.25) is 0 Å². The number of pyridine rings is 1. The Morgan fingerprint density at radius 3 is 2.72 bits per heavy atom. The first-order valence-electron chi connectivity index (χ1n) is 7.06. The summed E-state index contributed by atoms with van der Waals surface area (Å²) >= 11 is 0. The summed E-state index contributed by atoms with van der Waals surface area (Å²) in [5.74, 6) is 2.34. The fraction of sp³-hybridized carbons (Fsp3) is 0.667. The topological polar surface area (TPSA) is 50.9 Å². The van der Waals surface area contributed by atoms with Gasteiger partial charge < -0.3 is 11.1 Å². The molecule has 1 aromatic rings. The minimum Gasteiger partial charge on any atom is -0.384 e. The van der Waals surface area contributed by atoms with Gasteiger partial charge in [-0.2, -0.15) is 0 Å². The number of anilines is 1. The maximum Gasteiger partial charge on any atom is 0.123 e. The third-order valence-electron chi connectivity index (χ3n) is 4.30. The standard InChI is InChI=1S/C15H25N3/c1-11-3-5-13(6-4-11)14(17-2)9-12-7-8-18-15(16)10-12/h7-8,10-11,13-14,17H,3-6,9H2,1-2H3,(H2,16,18). The van der Waals surface area contributed by atoms with Gasteiger partial charge in [0.15, 0.2) is 0 Å². The number of hydrogen-bond acceptors (Lipinski definition) is 3. The molecule has 2 rings (SSSR count). The first-order chi connectivity index (χ1) is 8.69. The van der Waals surface area contributed by atoms with Crippen molar-refractivity contribution in [2.24, 2.45) is 11.8 Å². The molecule has 3 nitrogen and oxygen atoms in total.